The van der Waals surface area contributed by atoms with Gasteiger partial charge in [0.15, 0.2) is 11.6 Å². The minimum atomic E-state index is -0.891. The van der Waals surface area contributed by atoms with E-state index in [1.54, 1.807) is 0 Å². The van der Waals surface area contributed by atoms with E-state index < -0.39 is 23.2 Å². The Morgan fingerprint density at radius 1 is 1.24 bits per heavy atom. The second-order valence-corrected chi connectivity index (χ2v) is 5.18. The normalized spacial score (nSPS) is 12.0. The van der Waals surface area contributed by atoms with E-state index in [1.807, 2.05) is 12.3 Å². The van der Waals surface area contributed by atoms with Crippen LogP contribution in [0.25, 0.3) is 0 Å². The van der Waals surface area contributed by atoms with E-state index in [-0.39, 0.29) is 11.6 Å². The Morgan fingerprint density at radius 3 is 2.38 bits per heavy atom. The number of unbranched alkanes of at least 4 members (excludes halogenated alkanes) is 3. The summed E-state index contributed by atoms with van der Waals surface area (Å²) < 4.78 is 27.1. The number of carbonyl (C=O) groups excluding carboxylic acids is 1. The summed E-state index contributed by atoms with van der Waals surface area (Å²) >= 11 is 0. The first-order valence-electron chi connectivity index (χ1n) is 7.26. The summed E-state index contributed by atoms with van der Waals surface area (Å²) in [6.45, 7) is 4.01. The third kappa shape index (κ3) is 5.30. The van der Waals surface area contributed by atoms with Crippen molar-refractivity contribution in [1.82, 2.24) is 5.32 Å². The molecule has 1 rings (SSSR count). The van der Waals surface area contributed by atoms with Crippen LogP contribution in [0.2, 0.25) is 0 Å². The van der Waals surface area contributed by atoms with Crippen molar-refractivity contribution in [2.75, 3.05) is 5.43 Å². The van der Waals surface area contributed by atoms with E-state index in [2.05, 4.69) is 12.2 Å². The summed E-state index contributed by atoms with van der Waals surface area (Å²) in [5.41, 5.74) is 1.43. The lowest BCUT2D eigenvalue weighted by Crippen LogP contribution is -2.32. The number of hydrazine groups is 1. The van der Waals surface area contributed by atoms with Crippen LogP contribution in [-0.4, -0.2) is 11.9 Å². The predicted molar refractivity (Wildman–Crippen MR) is 79.9 cm³/mol. The number of anilines is 1. The molecule has 1 aromatic carbocycles. The van der Waals surface area contributed by atoms with Crippen LogP contribution in [0.4, 0.5) is 14.5 Å². The molecule has 0 saturated heterocycles. The van der Waals surface area contributed by atoms with Gasteiger partial charge in [-0.1, -0.05) is 32.6 Å². The molecule has 21 heavy (non-hydrogen) atoms. The maximum atomic E-state index is 13.5. The van der Waals surface area contributed by atoms with Gasteiger partial charge in [0.05, 0.1) is 0 Å². The van der Waals surface area contributed by atoms with Crippen LogP contribution in [0.5, 0.6) is 0 Å². The highest BCUT2D eigenvalue weighted by atomic mass is 19.1. The second-order valence-electron chi connectivity index (χ2n) is 5.18. The maximum absolute atomic E-state index is 13.5. The van der Waals surface area contributed by atoms with E-state index in [9.17, 15) is 13.6 Å². The molecule has 4 nitrogen and oxygen atoms in total. The van der Waals surface area contributed by atoms with Crippen LogP contribution in [0.1, 0.15) is 56.3 Å². The Labute approximate surface area is 124 Å². The number of nitrogens with two attached hydrogens (primary N) is 1. The fourth-order valence-corrected chi connectivity index (χ4v) is 2.10. The quantitative estimate of drug-likeness (QED) is 0.392. The molecule has 0 radical (unpaired) electrons. The van der Waals surface area contributed by atoms with Crippen molar-refractivity contribution in [2.24, 2.45) is 5.84 Å². The molecule has 0 spiro atoms. The van der Waals surface area contributed by atoms with Gasteiger partial charge >= 0.3 is 0 Å². The third-order valence-corrected chi connectivity index (χ3v) is 3.32. The number of rotatable bonds is 8. The third-order valence-electron chi connectivity index (χ3n) is 3.32. The fraction of sp³-hybridized carbons (Fsp3) is 0.533. The fourth-order valence-electron chi connectivity index (χ4n) is 2.10. The van der Waals surface area contributed by atoms with Gasteiger partial charge in [0, 0.05) is 11.6 Å². The van der Waals surface area contributed by atoms with Crippen LogP contribution in [0.15, 0.2) is 12.1 Å². The zero-order valence-corrected chi connectivity index (χ0v) is 12.5. The summed E-state index contributed by atoms with van der Waals surface area (Å²) in [5.74, 6) is 2.74. The van der Waals surface area contributed by atoms with Gasteiger partial charge < -0.3 is 10.7 Å². The first-order valence-corrected chi connectivity index (χ1v) is 7.26. The van der Waals surface area contributed by atoms with Crippen molar-refractivity contribution < 1.29 is 13.6 Å². The minimum absolute atomic E-state index is 0.0345. The van der Waals surface area contributed by atoms with Crippen LogP contribution in [-0.2, 0) is 0 Å². The largest absolute Gasteiger partial charge is 0.350 e. The summed E-state index contributed by atoms with van der Waals surface area (Å²) in [5, 5.41) is 2.74. The molecule has 0 aliphatic rings. The van der Waals surface area contributed by atoms with E-state index >= 15 is 0 Å². The maximum Gasteiger partial charge on any atom is 0.251 e. The molecule has 118 valence electrons. The van der Waals surface area contributed by atoms with Crippen molar-refractivity contribution in [2.45, 2.75) is 52.0 Å². The summed E-state index contributed by atoms with van der Waals surface area (Å²) in [4.78, 5) is 12.0. The average Bonchev–Trinajstić information content (AvgIpc) is 2.43. The Bertz CT molecular complexity index is 457. The van der Waals surface area contributed by atoms with Gasteiger partial charge in [-0.2, -0.15) is 0 Å². The molecular formula is C15H23F2N3O. The number of halogens is 2. The molecular weight excluding hydrogens is 276 g/mol. The molecule has 4 N–H and O–H groups in total. The first-order chi connectivity index (χ1) is 9.99. The van der Waals surface area contributed by atoms with E-state index in [1.165, 1.54) is 6.42 Å². The first kappa shape index (κ1) is 17.4. The molecule has 1 amide bonds. The highest BCUT2D eigenvalue weighted by Crippen LogP contribution is 2.19. The van der Waals surface area contributed by atoms with Gasteiger partial charge in [0.1, 0.15) is 5.69 Å². The highest BCUT2D eigenvalue weighted by Gasteiger charge is 2.15. The van der Waals surface area contributed by atoms with Crippen LogP contribution < -0.4 is 16.6 Å². The van der Waals surface area contributed by atoms with Crippen molar-refractivity contribution in [3.05, 3.63) is 29.3 Å². The van der Waals surface area contributed by atoms with Crippen molar-refractivity contribution in [3.8, 4) is 0 Å². The Balaban J connectivity index is 2.59. The number of nitrogen functional groups attached to an aromatic ring is 1. The molecule has 0 fully saturated rings. The average molecular weight is 299 g/mol. The molecule has 0 saturated carbocycles. The van der Waals surface area contributed by atoms with E-state index in [4.69, 9.17) is 5.84 Å². The van der Waals surface area contributed by atoms with Crippen LogP contribution in [0.3, 0.4) is 0 Å². The Morgan fingerprint density at radius 2 is 1.86 bits per heavy atom. The number of amides is 1. The highest BCUT2D eigenvalue weighted by molar-refractivity contribution is 5.94. The topological polar surface area (TPSA) is 67.2 Å². The lowest BCUT2D eigenvalue weighted by atomic mass is 10.1. The Kier molecular flexibility index (Phi) is 7.08. The molecule has 6 heteroatoms. The number of nitrogens with one attached hydrogen (secondary N) is 2. The lowest BCUT2D eigenvalue weighted by molar-refractivity contribution is 0.0937. The number of benzene rings is 1. The van der Waals surface area contributed by atoms with Crippen LogP contribution >= 0.6 is 0 Å². The molecule has 1 unspecified atom stereocenters. The zero-order chi connectivity index (χ0) is 15.8. The molecule has 1 aromatic rings. The number of carbonyl (C=O) groups is 1. The number of hydrogen-bond donors (Lipinski definition) is 3. The minimum Gasteiger partial charge on any atom is -0.350 e. The SMILES string of the molecule is CCCCCCC(C)NC(=O)c1cc(F)c(NN)c(F)c1. The van der Waals surface area contributed by atoms with Gasteiger partial charge in [-0.25, -0.2) is 8.78 Å². The molecule has 0 aliphatic carbocycles. The van der Waals surface area contributed by atoms with Crippen molar-refractivity contribution in [3.63, 3.8) is 0 Å². The van der Waals surface area contributed by atoms with Gasteiger partial charge in [0.2, 0.25) is 0 Å². The van der Waals surface area contributed by atoms with Crippen LogP contribution in [0, 0.1) is 11.6 Å². The Hall–Kier alpha value is -1.69. The van der Waals surface area contributed by atoms with Gasteiger partial charge in [-0.15, -0.1) is 0 Å². The van der Waals surface area contributed by atoms with E-state index in [0.29, 0.717) is 0 Å². The van der Waals surface area contributed by atoms with Crippen molar-refractivity contribution >= 4 is 11.6 Å². The predicted octanol–water partition coefficient (Wildman–Crippen LogP) is 3.34. The second kappa shape index (κ2) is 8.56. The van der Waals surface area contributed by atoms with Gasteiger partial charge in [-0.05, 0) is 25.5 Å². The molecule has 0 aliphatic heterocycles. The molecule has 1 atom stereocenters. The zero-order valence-electron chi connectivity index (χ0n) is 12.5. The summed E-state index contributed by atoms with van der Waals surface area (Å²) in [6, 6.07) is 1.90. The molecule has 0 aromatic heterocycles. The van der Waals surface area contributed by atoms with Crippen molar-refractivity contribution in [1.29, 1.82) is 0 Å². The standard InChI is InChI=1S/C15H23F2N3O/c1-3-4-5-6-7-10(2)19-15(21)11-8-12(16)14(20-18)13(17)9-11/h8-10,20H,3-7,18H2,1-2H3,(H,19,21). The monoisotopic (exact) mass is 299 g/mol. The summed E-state index contributed by atoms with van der Waals surface area (Å²) in [6.07, 6.45) is 5.31. The molecule has 0 heterocycles. The van der Waals surface area contributed by atoms with E-state index in [0.717, 1.165) is 37.8 Å². The lowest BCUT2D eigenvalue weighted by Gasteiger charge is -2.14. The number of hydrogen-bond acceptors (Lipinski definition) is 3. The van der Waals surface area contributed by atoms with Gasteiger partial charge in [0.25, 0.3) is 5.91 Å². The smallest absolute Gasteiger partial charge is 0.251 e. The molecule has 0 bridgehead atoms. The van der Waals surface area contributed by atoms with Gasteiger partial charge in [-0.3, -0.25) is 10.6 Å². The summed E-state index contributed by atoms with van der Waals surface area (Å²) in [7, 11) is 0.